The van der Waals surface area contributed by atoms with Gasteiger partial charge in [0.15, 0.2) is 0 Å². The summed E-state index contributed by atoms with van der Waals surface area (Å²) in [6.45, 7) is 3.97. The molecule has 3 heterocycles. The summed E-state index contributed by atoms with van der Waals surface area (Å²) in [5, 5.41) is 0. The second kappa shape index (κ2) is 5.89. The molecule has 6 heteroatoms. The number of hydrogen-bond acceptors (Lipinski definition) is 4. The smallest absolute Gasteiger partial charge is 0.258 e. The third-order valence-corrected chi connectivity index (χ3v) is 5.44. The zero-order valence-corrected chi connectivity index (χ0v) is 14.8. The van der Waals surface area contributed by atoms with E-state index in [4.69, 9.17) is 5.73 Å². The van der Waals surface area contributed by atoms with Crippen molar-refractivity contribution in [2.75, 3.05) is 4.41 Å². The van der Waals surface area contributed by atoms with Crippen LogP contribution < -0.4 is 15.6 Å². The minimum absolute atomic E-state index is 0.413. The van der Waals surface area contributed by atoms with E-state index in [0.29, 0.717) is 4.91 Å². The van der Waals surface area contributed by atoms with E-state index < -0.39 is 5.91 Å². The molecular formula is C19H18N4OS. The van der Waals surface area contributed by atoms with Gasteiger partial charge in [0.05, 0.1) is 17.1 Å². The molecule has 126 valence electrons. The van der Waals surface area contributed by atoms with E-state index in [9.17, 15) is 4.79 Å². The number of rotatable bonds is 3. The number of nitrogens with one attached hydrogen (secondary N) is 1. The quantitative estimate of drug-likeness (QED) is 0.709. The van der Waals surface area contributed by atoms with E-state index in [0.717, 1.165) is 16.9 Å². The van der Waals surface area contributed by atoms with Gasteiger partial charge < -0.3 is 10.1 Å². The Morgan fingerprint density at radius 2 is 1.88 bits per heavy atom. The molecule has 0 aliphatic carbocycles. The Kier molecular flexibility index (Phi) is 3.69. The highest BCUT2D eigenvalue weighted by molar-refractivity contribution is 8.05. The average molecular weight is 350 g/mol. The SMILES string of the molecule is CC1=C(C(N)=O)SN(c2ccc(-c3c(C)cc4ccccn34)cc2)N1. The van der Waals surface area contributed by atoms with E-state index in [1.54, 1.807) is 0 Å². The lowest BCUT2D eigenvalue weighted by Crippen LogP contribution is -2.25. The van der Waals surface area contributed by atoms with Crippen LogP contribution in [0.5, 0.6) is 0 Å². The number of anilines is 1. The summed E-state index contributed by atoms with van der Waals surface area (Å²) in [6, 6.07) is 16.6. The standard InChI is InChI=1S/C19H18N4OS/c1-12-11-16-5-3-4-10-22(16)17(12)14-6-8-15(9-7-14)23-21-13(2)18(25-23)19(20)24/h3-11,21H,1-2H3,(H2,20,24). The van der Waals surface area contributed by atoms with Crippen molar-refractivity contribution in [2.24, 2.45) is 5.73 Å². The minimum atomic E-state index is -0.413. The summed E-state index contributed by atoms with van der Waals surface area (Å²) < 4.78 is 4.05. The van der Waals surface area contributed by atoms with Crippen molar-refractivity contribution < 1.29 is 4.79 Å². The lowest BCUT2D eigenvalue weighted by Gasteiger charge is -2.18. The molecule has 0 unspecified atom stereocenters. The predicted molar refractivity (Wildman–Crippen MR) is 103 cm³/mol. The summed E-state index contributed by atoms with van der Waals surface area (Å²) in [7, 11) is 0. The van der Waals surface area contributed by atoms with Gasteiger partial charge in [-0.25, -0.2) is 4.41 Å². The third kappa shape index (κ3) is 2.64. The van der Waals surface area contributed by atoms with Gasteiger partial charge in [-0.15, -0.1) is 0 Å². The predicted octanol–water partition coefficient (Wildman–Crippen LogP) is 3.60. The van der Waals surface area contributed by atoms with Crippen LogP contribution in [-0.2, 0) is 4.79 Å². The molecule has 25 heavy (non-hydrogen) atoms. The van der Waals surface area contributed by atoms with Gasteiger partial charge >= 0.3 is 0 Å². The number of allylic oxidation sites excluding steroid dienone is 1. The molecule has 2 aromatic heterocycles. The van der Waals surface area contributed by atoms with Gasteiger partial charge in [0.2, 0.25) is 0 Å². The van der Waals surface area contributed by atoms with Gasteiger partial charge in [-0.1, -0.05) is 18.2 Å². The number of primary amides is 1. The van der Waals surface area contributed by atoms with E-state index in [2.05, 4.69) is 47.2 Å². The van der Waals surface area contributed by atoms with Crippen molar-refractivity contribution in [3.8, 4) is 11.3 Å². The maximum atomic E-state index is 11.4. The van der Waals surface area contributed by atoms with Crippen LogP contribution in [0.15, 0.2) is 65.3 Å². The Hall–Kier alpha value is -2.86. The van der Waals surface area contributed by atoms with E-state index in [-0.39, 0.29) is 0 Å². The normalized spacial score (nSPS) is 14.2. The number of hydrazine groups is 1. The minimum Gasteiger partial charge on any atom is -0.365 e. The van der Waals surface area contributed by atoms with E-state index >= 15 is 0 Å². The van der Waals surface area contributed by atoms with Crippen molar-refractivity contribution >= 4 is 29.1 Å². The lowest BCUT2D eigenvalue weighted by molar-refractivity contribution is -0.113. The van der Waals surface area contributed by atoms with Crippen LogP contribution in [0.25, 0.3) is 16.8 Å². The van der Waals surface area contributed by atoms with Crippen molar-refractivity contribution in [3.05, 3.63) is 70.9 Å². The van der Waals surface area contributed by atoms with Crippen LogP contribution in [0.4, 0.5) is 5.69 Å². The van der Waals surface area contributed by atoms with Crippen molar-refractivity contribution in [1.29, 1.82) is 0 Å². The van der Waals surface area contributed by atoms with E-state index in [1.165, 1.54) is 28.7 Å². The molecule has 0 fully saturated rings. The average Bonchev–Trinajstić information content (AvgIpc) is 3.14. The molecule has 0 spiro atoms. The Labute approximate surface area is 150 Å². The number of carbonyl (C=O) groups excluding carboxylic acids is 1. The molecule has 0 atom stereocenters. The van der Waals surface area contributed by atoms with Crippen LogP contribution in [0.2, 0.25) is 0 Å². The molecule has 3 aromatic rings. The number of aromatic nitrogens is 1. The zero-order chi connectivity index (χ0) is 17.6. The van der Waals surface area contributed by atoms with Crippen LogP contribution in [0.1, 0.15) is 12.5 Å². The first-order valence-corrected chi connectivity index (χ1v) is 8.74. The van der Waals surface area contributed by atoms with Gasteiger partial charge in [-0.3, -0.25) is 10.2 Å². The van der Waals surface area contributed by atoms with E-state index in [1.807, 2.05) is 35.6 Å². The highest BCUT2D eigenvalue weighted by atomic mass is 32.2. The first kappa shape index (κ1) is 15.7. The van der Waals surface area contributed by atoms with Gasteiger partial charge in [-0.05, 0) is 55.3 Å². The van der Waals surface area contributed by atoms with Crippen LogP contribution in [-0.4, -0.2) is 10.3 Å². The molecule has 0 saturated carbocycles. The number of aryl methyl sites for hydroxylation is 1. The number of nitrogens with zero attached hydrogens (tertiary/aromatic N) is 2. The molecule has 1 aromatic carbocycles. The number of fused-ring (bicyclic) bond motifs is 1. The summed E-state index contributed by atoms with van der Waals surface area (Å²) in [5.41, 5.74) is 15.1. The Balaban J connectivity index is 1.65. The van der Waals surface area contributed by atoms with Gasteiger partial charge in [-0.2, -0.15) is 0 Å². The number of hydrogen-bond donors (Lipinski definition) is 2. The van der Waals surface area contributed by atoms with Crippen molar-refractivity contribution in [3.63, 3.8) is 0 Å². The molecule has 3 N–H and O–H groups in total. The molecule has 1 aliphatic heterocycles. The summed E-state index contributed by atoms with van der Waals surface area (Å²) in [5.74, 6) is -0.413. The molecule has 0 radical (unpaired) electrons. The Morgan fingerprint density at radius 3 is 2.56 bits per heavy atom. The third-order valence-electron chi connectivity index (χ3n) is 4.26. The van der Waals surface area contributed by atoms with Crippen LogP contribution in [0, 0.1) is 6.92 Å². The highest BCUT2D eigenvalue weighted by Crippen LogP contribution is 2.35. The molecule has 0 saturated heterocycles. The molecule has 1 amide bonds. The second-order valence-electron chi connectivity index (χ2n) is 6.03. The Morgan fingerprint density at radius 1 is 1.12 bits per heavy atom. The second-order valence-corrected chi connectivity index (χ2v) is 6.99. The van der Waals surface area contributed by atoms with Gasteiger partial charge in [0.25, 0.3) is 5.91 Å². The molecular weight excluding hydrogens is 332 g/mol. The topological polar surface area (TPSA) is 62.8 Å². The number of amides is 1. The van der Waals surface area contributed by atoms with Crippen molar-refractivity contribution in [2.45, 2.75) is 13.8 Å². The molecule has 4 rings (SSSR count). The van der Waals surface area contributed by atoms with Gasteiger partial charge in [0.1, 0.15) is 4.91 Å². The first-order valence-electron chi connectivity index (χ1n) is 7.97. The molecule has 1 aliphatic rings. The first-order chi connectivity index (χ1) is 12.0. The highest BCUT2D eigenvalue weighted by Gasteiger charge is 2.24. The largest absolute Gasteiger partial charge is 0.365 e. The fraction of sp³-hybridized carbons (Fsp3) is 0.105. The van der Waals surface area contributed by atoms with Crippen molar-refractivity contribution in [1.82, 2.24) is 9.83 Å². The number of benzene rings is 1. The number of nitrogens with two attached hydrogens (primary N) is 1. The van der Waals surface area contributed by atoms with Crippen LogP contribution >= 0.6 is 11.9 Å². The Bertz CT molecular complexity index is 1000. The number of pyridine rings is 1. The molecule has 5 nitrogen and oxygen atoms in total. The molecule has 0 bridgehead atoms. The monoisotopic (exact) mass is 350 g/mol. The maximum absolute atomic E-state index is 11.4. The van der Waals surface area contributed by atoms with Crippen LogP contribution in [0.3, 0.4) is 0 Å². The maximum Gasteiger partial charge on any atom is 0.258 e. The summed E-state index contributed by atoms with van der Waals surface area (Å²) >= 11 is 1.31. The fourth-order valence-corrected chi connectivity index (χ4v) is 3.98. The fourth-order valence-electron chi connectivity index (χ4n) is 3.11. The zero-order valence-electron chi connectivity index (χ0n) is 14.0. The summed E-state index contributed by atoms with van der Waals surface area (Å²) in [6.07, 6.45) is 2.08. The van der Waals surface area contributed by atoms with Gasteiger partial charge in [0, 0.05) is 23.7 Å². The lowest BCUT2D eigenvalue weighted by atomic mass is 10.1. The number of carbonyl (C=O) groups is 1. The summed E-state index contributed by atoms with van der Waals surface area (Å²) in [4.78, 5) is 12.0.